The van der Waals surface area contributed by atoms with Gasteiger partial charge in [0.05, 0.1) is 11.7 Å². The van der Waals surface area contributed by atoms with Gasteiger partial charge in [0, 0.05) is 11.1 Å². The molecule has 18 heavy (non-hydrogen) atoms. The minimum Gasteiger partial charge on any atom is -0.493 e. The summed E-state index contributed by atoms with van der Waals surface area (Å²) >= 11 is 0. The van der Waals surface area contributed by atoms with E-state index in [9.17, 15) is 5.11 Å². The molecular formula is C15H20N2O. The molecule has 2 aromatic rings. The molecule has 0 unspecified atom stereocenters. The molecule has 0 fully saturated rings. The molecule has 1 heterocycles. The molecule has 0 amide bonds. The second kappa shape index (κ2) is 4.84. The zero-order valence-electron chi connectivity index (χ0n) is 11.4. The molecule has 3 heteroatoms. The van der Waals surface area contributed by atoms with Crippen LogP contribution in [-0.2, 0) is 6.42 Å². The molecule has 0 saturated carbocycles. The SMILES string of the molecule is CCc1c(-c2ccc(C)cc2)nn(C(C)C)c1O. The van der Waals surface area contributed by atoms with Crippen LogP contribution >= 0.6 is 0 Å². The lowest BCUT2D eigenvalue weighted by atomic mass is 10.0. The molecule has 0 aliphatic heterocycles. The van der Waals surface area contributed by atoms with Gasteiger partial charge in [-0.05, 0) is 27.2 Å². The Kier molecular flexibility index (Phi) is 3.41. The average Bonchev–Trinajstić information content (AvgIpc) is 2.67. The van der Waals surface area contributed by atoms with E-state index in [1.807, 2.05) is 20.8 Å². The maximum absolute atomic E-state index is 10.2. The lowest BCUT2D eigenvalue weighted by Gasteiger charge is -2.06. The highest BCUT2D eigenvalue weighted by Gasteiger charge is 2.18. The van der Waals surface area contributed by atoms with Crippen molar-refractivity contribution in [3.63, 3.8) is 0 Å². The molecule has 96 valence electrons. The van der Waals surface area contributed by atoms with Crippen LogP contribution in [0.5, 0.6) is 5.88 Å². The van der Waals surface area contributed by atoms with Gasteiger partial charge in [0.25, 0.3) is 0 Å². The van der Waals surface area contributed by atoms with E-state index in [0.717, 1.165) is 23.2 Å². The second-order valence-electron chi connectivity index (χ2n) is 4.91. The summed E-state index contributed by atoms with van der Waals surface area (Å²) in [5.74, 6) is 0.295. The number of nitrogens with zero attached hydrogens (tertiary/aromatic N) is 2. The van der Waals surface area contributed by atoms with Crippen LogP contribution in [0.4, 0.5) is 0 Å². The third-order valence-electron chi connectivity index (χ3n) is 3.15. The largest absolute Gasteiger partial charge is 0.493 e. The Bertz CT molecular complexity index is 538. The minimum atomic E-state index is 0.162. The summed E-state index contributed by atoms with van der Waals surface area (Å²) in [6.07, 6.45) is 0.780. The smallest absolute Gasteiger partial charge is 0.213 e. The molecule has 0 bridgehead atoms. The van der Waals surface area contributed by atoms with Gasteiger partial charge in [-0.1, -0.05) is 36.8 Å². The van der Waals surface area contributed by atoms with Gasteiger partial charge >= 0.3 is 0 Å². The van der Waals surface area contributed by atoms with Gasteiger partial charge in [0.1, 0.15) is 0 Å². The van der Waals surface area contributed by atoms with Gasteiger partial charge in [-0.25, -0.2) is 4.68 Å². The average molecular weight is 244 g/mol. The van der Waals surface area contributed by atoms with Crippen molar-refractivity contribution in [3.05, 3.63) is 35.4 Å². The molecule has 3 nitrogen and oxygen atoms in total. The highest BCUT2D eigenvalue weighted by molar-refractivity contribution is 5.65. The van der Waals surface area contributed by atoms with E-state index in [0.29, 0.717) is 5.88 Å². The van der Waals surface area contributed by atoms with Crippen molar-refractivity contribution < 1.29 is 5.11 Å². The van der Waals surface area contributed by atoms with Gasteiger partial charge in [0.15, 0.2) is 0 Å². The van der Waals surface area contributed by atoms with Crippen molar-refractivity contribution >= 4 is 0 Å². The summed E-state index contributed by atoms with van der Waals surface area (Å²) in [7, 11) is 0. The third-order valence-corrected chi connectivity index (χ3v) is 3.15. The summed E-state index contributed by atoms with van der Waals surface area (Å²) in [6.45, 7) is 8.14. The fourth-order valence-corrected chi connectivity index (χ4v) is 2.09. The maximum atomic E-state index is 10.2. The van der Waals surface area contributed by atoms with E-state index >= 15 is 0 Å². The molecule has 0 atom stereocenters. The molecule has 2 rings (SSSR count). The molecule has 1 aromatic carbocycles. The van der Waals surface area contributed by atoms with Crippen molar-refractivity contribution in [2.24, 2.45) is 0 Å². The quantitative estimate of drug-likeness (QED) is 0.893. The molecule has 1 aromatic heterocycles. The first kappa shape index (κ1) is 12.7. The Hall–Kier alpha value is -1.77. The Morgan fingerprint density at radius 2 is 1.83 bits per heavy atom. The topological polar surface area (TPSA) is 38.0 Å². The van der Waals surface area contributed by atoms with Crippen LogP contribution < -0.4 is 0 Å². The van der Waals surface area contributed by atoms with Gasteiger partial charge in [-0.3, -0.25) is 0 Å². The van der Waals surface area contributed by atoms with E-state index in [1.54, 1.807) is 4.68 Å². The molecule has 0 spiro atoms. The number of aromatic nitrogens is 2. The van der Waals surface area contributed by atoms with E-state index in [2.05, 4.69) is 36.3 Å². The normalized spacial score (nSPS) is 11.2. The zero-order valence-corrected chi connectivity index (χ0v) is 11.4. The molecule has 1 N–H and O–H groups in total. The van der Waals surface area contributed by atoms with Gasteiger partial charge in [-0.2, -0.15) is 5.10 Å². The first-order valence-electron chi connectivity index (χ1n) is 6.42. The summed E-state index contributed by atoms with van der Waals surface area (Å²) in [5, 5.41) is 14.7. The van der Waals surface area contributed by atoms with E-state index in [4.69, 9.17) is 0 Å². The first-order valence-corrected chi connectivity index (χ1v) is 6.42. The highest BCUT2D eigenvalue weighted by atomic mass is 16.3. The van der Waals surface area contributed by atoms with Crippen LogP contribution in [0.3, 0.4) is 0 Å². The van der Waals surface area contributed by atoms with Crippen molar-refractivity contribution in [2.75, 3.05) is 0 Å². The predicted molar refractivity (Wildman–Crippen MR) is 73.8 cm³/mol. The first-order chi connectivity index (χ1) is 8.54. The van der Waals surface area contributed by atoms with Crippen LogP contribution in [0.15, 0.2) is 24.3 Å². The highest BCUT2D eigenvalue weighted by Crippen LogP contribution is 2.32. The summed E-state index contributed by atoms with van der Waals surface area (Å²) in [6, 6.07) is 8.41. The summed E-state index contributed by atoms with van der Waals surface area (Å²) < 4.78 is 1.69. The van der Waals surface area contributed by atoms with E-state index in [-0.39, 0.29) is 6.04 Å². The van der Waals surface area contributed by atoms with Gasteiger partial charge < -0.3 is 5.11 Å². The third kappa shape index (κ3) is 2.13. The van der Waals surface area contributed by atoms with E-state index in [1.165, 1.54) is 5.56 Å². The zero-order chi connectivity index (χ0) is 13.3. The standard InChI is InChI=1S/C15H20N2O/c1-5-13-14(12-8-6-11(4)7-9-12)16-17(10(2)3)15(13)18/h6-10,18H,5H2,1-4H3. The molecule has 0 radical (unpaired) electrons. The lowest BCUT2D eigenvalue weighted by Crippen LogP contribution is -2.02. The monoisotopic (exact) mass is 244 g/mol. The lowest BCUT2D eigenvalue weighted by molar-refractivity contribution is 0.374. The van der Waals surface area contributed by atoms with Crippen LogP contribution in [0.25, 0.3) is 11.3 Å². The number of hydrogen-bond acceptors (Lipinski definition) is 2. The van der Waals surface area contributed by atoms with Crippen molar-refractivity contribution in [1.82, 2.24) is 9.78 Å². The second-order valence-corrected chi connectivity index (χ2v) is 4.91. The number of hydrogen-bond donors (Lipinski definition) is 1. The van der Waals surface area contributed by atoms with Crippen LogP contribution in [0.2, 0.25) is 0 Å². The van der Waals surface area contributed by atoms with Crippen LogP contribution in [-0.4, -0.2) is 14.9 Å². The molecule has 0 aliphatic carbocycles. The van der Waals surface area contributed by atoms with Crippen molar-refractivity contribution in [2.45, 2.75) is 40.2 Å². The number of benzene rings is 1. The van der Waals surface area contributed by atoms with Crippen molar-refractivity contribution in [1.29, 1.82) is 0 Å². The van der Waals surface area contributed by atoms with Gasteiger partial charge in [0.2, 0.25) is 5.88 Å². The fourth-order valence-electron chi connectivity index (χ4n) is 2.09. The number of aryl methyl sites for hydroxylation is 1. The minimum absolute atomic E-state index is 0.162. The Morgan fingerprint density at radius 1 is 1.22 bits per heavy atom. The Balaban J connectivity index is 2.56. The van der Waals surface area contributed by atoms with Crippen LogP contribution in [0, 0.1) is 6.92 Å². The Labute approximate surface area is 108 Å². The maximum Gasteiger partial charge on any atom is 0.213 e. The van der Waals surface area contributed by atoms with E-state index < -0.39 is 0 Å². The Morgan fingerprint density at radius 3 is 2.33 bits per heavy atom. The summed E-state index contributed by atoms with van der Waals surface area (Å²) in [5.41, 5.74) is 4.10. The fraction of sp³-hybridized carbons (Fsp3) is 0.400. The van der Waals surface area contributed by atoms with Crippen molar-refractivity contribution in [3.8, 4) is 17.1 Å². The molecule has 0 aliphatic rings. The molecule has 0 saturated heterocycles. The number of aromatic hydroxyl groups is 1. The van der Waals surface area contributed by atoms with Gasteiger partial charge in [-0.15, -0.1) is 0 Å². The van der Waals surface area contributed by atoms with Crippen LogP contribution in [0.1, 0.15) is 37.9 Å². The number of rotatable bonds is 3. The molecular weight excluding hydrogens is 224 g/mol. The summed E-state index contributed by atoms with van der Waals surface area (Å²) in [4.78, 5) is 0. The predicted octanol–water partition coefficient (Wildman–Crippen LogP) is 3.71.